The van der Waals surface area contributed by atoms with Gasteiger partial charge < -0.3 is 9.84 Å². The van der Waals surface area contributed by atoms with Gasteiger partial charge >= 0.3 is 6.09 Å². The van der Waals surface area contributed by atoms with E-state index in [0.29, 0.717) is 5.69 Å². The number of carbonyl (C=O) groups excluding carboxylic acids is 1. The van der Waals surface area contributed by atoms with Crippen molar-refractivity contribution in [1.82, 2.24) is 0 Å². The molecule has 1 amide bonds. The number of hydrogen-bond donors (Lipinski definition) is 2. The molecule has 17 heavy (non-hydrogen) atoms. The molecule has 0 aliphatic heterocycles. The fourth-order valence-corrected chi connectivity index (χ4v) is 1.40. The molecule has 4 nitrogen and oxygen atoms in total. The standard InChI is InChI=1S/C13H19NO3/c1-9-10(8-15)6-5-7-11(9)14-12(16)17-13(2,3)4/h5-7,15H,8H2,1-4H3,(H,14,16). The zero-order valence-electron chi connectivity index (χ0n) is 10.7. The number of carbonyl (C=O) groups is 1. The van der Waals surface area contributed by atoms with Gasteiger partial charge in [-0.15, -0.1) is 0 Å². The van der Waals surface area contributed by atoms with Crippen molar-refractivity contribution in [2.24, 2.45) is 0 Å². The Balaban J connectivity index is 2.79. The first kappa shape index (κ1) is 13.5. The molecule has 0 saturated heterocycles. The summed E-state index contributed by atoms with van der Waals surface area (Å²) in [6.45, 7) is 7.23. The van der Waals surface area contributed by atoms with Crippen molar-refractivity contribution in [2.45, 2.75) is 39.9 Å². The average molecular weight is 237 g/mol. The molecule has 0 aliphatic carbocycles. The third-order valence-corrected chi connectivity index (χ3v) is 2.25. The van der Waals surface area contributed by atoms with Crippen LogP contribution in [0.5, 0.6) is 0 Å². The number of hydrogen-bond acceptors (Lipinski definition) is 3. The summed E-state index contributed by atoms with van der Waals surface area (Å²) in [7, 11) is 0. The Morgan fingerprint density at radius 3 is 2.59 bits per heavy atom. The predicted molar refractivity (Wildman–Crippen MR) is 67.0 cm³/mol. The molecular formula is C13H19NO3. The lowest BCUT2D eigenvalue weighted by Gasteiger charge is -2.20. The Morgan fingerprint density at radius 2 is 2.06 bits per heavy atom. The van der Waals surface area contributed by atoms with Gasteiger partial charge in [-0.2, -0.15) is 0 Å². The molecule has 0 radical (unpaired) electrons. The lowest BCUT2D eigenvalue weighted by molar-refractivity contribution is 0.0636. The number of rotatable bonds is 2. The van der Waals surface area contributed by atoms with Gasteiger partial charge in [-0.3, -0.25) is 5.32 Å². The molecule has 0 spiro atoms. The molecule has 4 heteroatoms. The first-order valence-corrected chi connectivity index (χ1v) is 5.53. The third-order valence-electron chi connectivity index (χ3n) is 2.25. The van der Waals surface area contributed by atoms with E-state index in [9.17, 15) is 4.79 Å². The highest BCUT2D eigenvalue weighted by Gasteiger charge is 2.16. The molecule has 1 rings (SSSR count). The SMILES string of the molecule is Cc1c(CO)cccc1NC(=O)OC(C)(C)C. The van der Waals surface area contributed by atoms with E-state index in [4.69, 9.17) is 9.84 Å². The molecule has 94 valence electrons. The van der Waals surface area contributed by atoms with Gasteiger partial charge in [0.1, 0.15) is 5.60 Å². The van der Waals surface area contributed by atoms with Gasteiger partial charge in [0.25, 0.3) is 0 Å². The van der Waals surface area contributed by atoms with E-state index in [1.54, 1.807) is 12.1 Å². The maximum atomic E-state index is 11.6. The number of aliphatic hydroxyl groups is 1. The molecule has 0 unspecified atom stereocenters. The molecule has 1 aromatic carbocycles. The van der Waals surface area contributed by atoms with Crippen molar-refractivity contribution >= 4 is 11.8 Å². The highest BCUT2D eigenvalue weighted by Crippen LogP contribution is 2.19. The number of amides is 1. The van der Waals surface area contributed by atoms with Crippen LogP contribution in [0, 0.1) is 6.92 Å². The second-order valence-electron chi connectivity index (χ2n) is 4.87. The topological polar surface area (TPSA) is 58.6 Å². The molecule has 0 atom stereocenters. The maximum absolute atomic E-state index is 11.6. The van der Waals surface area contributed by atoms with Crippen LogP contribution in [-0.4, -0.2) is 16.8 Å². The van der Waals surface area contributed by atoms with Crippen molar-refractivity contribution in [3.63, 3.8) is 0 Å². The molecule has 0 saturated carbocycles. The minimum absolute atomic E-state index is 0.0460. The Morgan fingerprint density at radius 1 is 1.41 bits per heavy atom. The van der Waals surface area contributed by atoms with E-state index >= 15 is 0 Å². The highest BCUT2D eigenvalue weighted by atomic mass is 16.6. The molecule has 0 bridgehead atoms. The van der Waals surface area contributed by atoms with Crippen molar-refractivity contribution in [3.05, 3.63) is 29.3 Å². The Kier molecular flexibility index (Phi) is 4.12. The zero-order valence-corrected chi connectivity index (χ0v) is 10.7. The number of aliphatic hydroxyl groups excluding tert-OH is 1. The first-order chi connectivity index (χ1) is 7.83. The van der Waals surface area contributed by atoms with Crippen LogP contribution in [0.15, 0.2) is 18.2 Å². The van der Waals surface area contributed by atoms with E-state index in [1.165, 1.54) is 0 Å². The Labute approximate surface area is 102 Å². The van der Waals surface area contributed by atoms with Crippen LogP contribution in [0.4, 0.5) is 10.5 Å². The molecule has 0 aromatic heterocycles. The lowest BCUT2D eigenvalue weighted by atomic mass is 10.1. The number of benzene rings is 1. The van der Waals surface area contributed by atoms with Gasteiger partial charge in [0.2, 0.25) is 0 Å². The van der Waals surface area contributed by atoms with Crippen LogP contribution < -0.4 is 5.32 Å². The summed E-state index contributed by atoms with van der Waals surface area (Å²) < 4.78 is 5.16. The van der Waals surface area contributed by atoms with Gasteiger partial charge in [0.15, 0.2) is 0 Å². The lowest BCUT2D eigenvalue weighted by Crippen LogP contribution is -2.27. The quantitative estimate of drug-likeness (QED) is 0.831. The van der Waals surface area contributed by atoms with Crippen LogP contribution in [0.3, 0.4) is 0 Å². The number of ether oxygens (including phenoxy) is 1. The second kappa shape index (κ2) is 5.19. The van der Waals surface area contributed by atoms with Crippen LogP contribution in [0.2, 0.25) is 0 Å². The Hall–Kier alpha value is -1.55. The summed E-state index contributed by atoms with van der Waals surface area (Å²) in [6.07, 6.45) is -0.490. The van der Waals surface area contributed by atoms with Crippen LogP contribution >= 0.6 is 0 Å². The molecule has 0 fully saturated rings. The largest absolute Gasteiger partial charge is 0.444 e. The monoisotopic (exact) mass is 237 g/mol. The van der Waals surface area contributed by atoms with E-state index < -0.39 is 11.7 Å². The van der Waals surface area contributed by atoms with E-state index in [-0.39, 0.29) is 6.61 Å². The Bertz CT molecular complexity index is 408. The first-order valence-electron chi connectivity index (χ1n) is 5.53. The zero-order chi connectivity index (χ0) is 13.1. The summed E-state index contributed by atoms with van der Waals surface area (Å²) in [5, 5.41) is 11.8. The third kappa shape index (κ3) is 4.07. The predicted octanol–water partition coefficient (Wildman–Crippen LogP) is 2.83. The fourth-order valence-electron chi connectivity index (χ4n) is 1.40. The van der Waals surface area contributed by atoms with Crippen LogP contribution in [0.25, 0.3) is 0 Å². The van der Waals surface area contributed by atoms with Crippen molar-refractivity contribution in [2.75, 3.05) is 5.32 Å². The van der Waals surface area contributed by atoms with Crippen molar-refractivity contribution in [1.29, 1.82) is 0 Å². The van der Waals surface area contributed by atoms with Gasteiger partial charge in [-0.25, -0.2) is 4.79 Å². The summed E-state index contributed by atoms with van der Waals surface area (Å²) >= 11 is 0. The van der Waals surface area contributed by atoms with Crippen molar-refractivity contribution in [3.8, 4) is 0 Å². The molecule has 0 heterocycles. The summed E-state index contributed by atoms with van der Waals surface area (Å²) in [4.78, 5) is 11.6. The van der Waals surface area contributed by atoms with Gasteiger partial charge in [-0.05, 0) is 44.9 Å². The van der Waals surface area contributed by atoms with Gasteiger partial charge in [0.05, 0.1) is 6.61 Å². The normalized spacial score (nSPS) is 11.1. The number of nitrogens with one attached hydrogen (secondary N) is 1. The molecule has 1 aromatic rings. The van der Waals surface area contributed by atoms with Crippen LogP contribution in [-0.2, 0) is 11.3 Å². The summed E-state index contributed by atoms with van der Waals surface area (Å²) in [5.74, 6) is 0. The van der Waals surface area contributed by atoms with Gasteiger partial charge in [-0.1, -0.05) is 12.1 Å². The van der Waals surface area contributed by atoms with Crippen LogP contribution in [0.1, 0.15) is 31.9 Å². The van der Waals surface area contributed by atoms with E-state index in [1.807, 2.05) is 33.8 Å². The van der Waals surface area contributed by atoms with Crippen molar-refractivity contribution < 1.29 is 14.6 Å². The maximum Gasteiger partial charge on any atom is 0.412 e. The minimum atomic E-state index is -0.521. The second-order valence-corrected chi connectivity index (χ2v) is 4.87. The summed E-state index contributed by atoms with van der Waals surface area (Å²) in [6, 6.07) is 5.37. The minimum Gasteiger partial charge on any atom is -0.444 e. The molecular weight excluding hydrogens is 218 g/mol. The summed E-state index contributed by atoms with van der Waals surface area (Å²) in [5.41, 5.74) is 1.78. The van der Waals surface area contributed by atoms with E-state index in [2.05, 4.69) is 5.32 Å². The average Bonchev–Trinajstić information content (AvgIpc) is 2.18. The smallest absolute Gasteiger partial charge is 0.412 e. The fraction of sp³-hybridized carbons (Fsp3) is 0.462. The molecule has 2 N–H and O–H groups in total. The van der Waals surface area contributed by atoms with Gasteiger partial charge in [0, 0.05) is 5.69 Å². The highest BCUT2D eigenvalue weighted by molar-refractivity contribution is 5.86. The molecule has 0 aliphatic rings. The number of anilines is 1. The van der Waals surface area contributed by atoms with E-state index in [0.717, 1.165) is 11.1 Å².